The van der Waals surface area contributed by atoms with E-state index in [0.29, 0.717) is 13.4 Å². The molecule has 18 rings (SSSR count). The van der Waals surface area contributed by atoms with Gasteiger partial charge in [-0.05, 0) is 249 Å². The largest absolute Gasteiger partial charge is 0.569 e. The SMILES string of the molecule is Brc1cc2c3ccccc3c(-c3ccccc3)cc2c2ccccc12.C#CC#CC#CC.O[B]Oc1cccc(-c2cc3ccccc3c3ccccc23)c1.c1ccc(-c2cc3c4ccccc4c(-c4cccc(-c5cc6ccccc6c6ccccc56)c4)cc3c3ccccc23)cc1. The highest BCUT2D eigenvalue weighted by molar-refractivity contribution is 9.10. The lowest BCUT2D eigenvalue weighted by atomic mass is 9.87. The maximum Gasteiger partial charge on any atom is 0.569 e. The van der Waals surface area contributed by atoms with Crippen molar-refractivity contribution in [1.82, 2.24) is 0 Å². The van der Waals surface area contributed by atoms with Crippen molar-refractivity contribution in [3.8, 4) is 97.4 Å². The van der Waals surface area contributed by atoms with Crippen LogP contribution in [0.3, 0.4) is 0 Å². The van der Waals surface area contributed by atoms with Crippen LogP contribution < -0.4 is 4.65 Å². The summed E-state index contributed by atoms with van der Waals surface area (Å²) < 4.78 is 6.24. The minimum atomic E-state index is 0.613. The molecular weight excluding hydrogens is 1260 g/mol. The van der Waals surface area contributed by atoms with Gasteiger partial charge in [0.25, 0.3) is 0 Å². The van der Waals surface area contributed by atoms with E-state index in [9.17, 15) is 0 Å². The van der Waals surface area contributed by atoms with Crippen molar-refractivity contribution in [2.45, 2.75) is 6.92 Å². The van der Waals surface area contributed by atoms with Gasteiger partial charge >= 0.3 is 7.69 Å². The Morgan fingerprint density at radius 3 is 0.980 bits per heavy atom. The number of hydrogen-bond acceptors (Lipinski definition) is 2. The van der Waals surface area contributed by atoms with Crippen molar-refractivity contribution in [2.24, 2.45) is 0 Å². The summed E-state index contributed by atoms with van der Waals surface area (Å²) in [5.74, 6) is 12.6. The van der Waals surface area contributed by atoms with Crippen LogP contribution in [0.5, 0.6) is 5.75 Å². The first kappa shape index (κ1) is 62.6. The second kappa shape index (κ2) is 28.5. The van der Waals surface area contributed by atoms with E-state index < -0.39 is 0 Å². The zero-order valence-corrected chi connectivity index (χ0v) is 55.8. The molecule has 0 spiro atoms. The summed E-state index contributed by atoms with van der Waals surface area (Å²) >= 11 is 3.77. The second-order valence-corrected chi connectivity index (χ2v) is 25.1. The molecule has 2 nitrogen and oxygen atoms in total. The number of terminal acetylenes is 1. The molecule has 99 heavy (non-hydrogen) atoms. The standard InChI is InChI=1S/C44H28.C24H15Br.C20H14BO2.C7H4/c1-2-13-29(14-3-1)41-27-43-39-24-11-9-22-37(39)42(28-44(43)38-23-10-8-21-36(38)41)31-17-12-16-30(25-31)40-26-32-15-4-5-18-33(32)34-19-6-7-20-35(34)40;25-24-15-23-18-11-5-4-10-17(18)21(16-8-2-1-3-9-16)14-22(23)19-12-6-7-13-20(19)24;22-21-23-16-8-5-7-14(12-16)20-13-15-6-1-2-9-17(15)18-10-3-4-11-19(18)20;1-3-5-7-6-4-2/h1-28H;1-15H;1-13,22H;1H,2H3. The van der Waals surface area contributed by atoms with Gasteiger partial charge < -0.3 is 9.68 Å². The fraction of sp³-hybridized carbons (Fsp3) is 0.0105. The Kier molecular flexibility index (Phi) is 18.0. The molecule has 0 bridgehead atoms. The average Bonchev–Trinajstić information content (AvgIpc) is 0.754. The number of rotatable bonds is 7. The molecule has 0 atom stereocenters. The van der Waals surface area contributed by atoms with Crippen LogP contribution in [0.25, 0.3) is 163 Å². The Hall–Kier alpha value is -12.5. The van der Waals surface area contributed by atoms with E-state index in [1.54, 1.807) is 6.92 Å². The number of hydrogen-bond donors (Lipinski definition) is 1. The van der Waals surface area contributed by atoms with Gasteiger partial charge in [-0.25, -0.2) is 0 Å². The van der Waals surface area contributed by atoms with Gasteiger partial charge in [-0.3, -0.25) is 0 Å². The average molecular weight is 1330 g/mol. The minimum Gasteiger partial charge on any atom is -0.537 e. The van der Waals surface area contributed by atoms with Gasteiger partial charge in [0.1, 0.15) is 5.75 Å². The van der Waals surface area contributed by atoms with E-state index in [4.69, 9.17) is 16.1 Å². The Labute approximate surface area is 585 Å². The van der Waals surface area contributed by atoms with E-state index in [-0.39, 0.29) is 0 Å². The number of fused-ring (bicyclic) bond motifs is 16. The van der Waals surface area contributed by atoms with Crippen LogP contribution in [0.15, 0.2) is 344 Å². The third kappa shape index (κ3) is 12.5. The van der Waals surface area contributed by atoms with Crippen LogP contribution in [-0.4, -0.2) is 12.7 Å². The molecule has 0 unspecified atom stereocenters. The zero-order valence-electron chi connectivity index (χ0n) is 54.2. The van der Waals surface area contributed by atoms with Crippen molar-refractivity contribution < 1.29 is 9.68 Å². The molecule has 0 heterocycles. The molecule has 0 aromatic heterocycles. The molecule has 1 radical (unpaired) electrons. The Morgan fingerprint density at radius 1 is 0.273 bits per heavy atom. The monoisotopic (exact) mass is 1320 g/mol. The van der Waals surface area contributed by atoms with Crippen molar-refractivity contribution in [3.63, 3.8) is 0 Å². The van der Waals surface area contributed by atoms with Gasteiger partial charge in [0.05, 0.1) is 0 Å². The molecule has 0 saturated heterocycles. The molecule has 0 aliphatic rings. The lowest BCUT2D eigenvalue weighted by Gasteiger charge is -2.17. The lowest BCUT2D eigenvalue weighted by Crippen LogP contribution is -1.99. The molecule has 1 N–H and O–H groups in total. The molecule has 0 aliphatic carbocycles. The Morgan fingerprint density at radius 2 is 0.576 bits per heavy atom. The van der Waals surface area contributed by atoms with Gasteiger partial charge in [0.2, 0.25) is 0 Å². The summed E-state index contributed by atoms with van der Waals surface area (Å²) in [5.41, 5.74) is 12.3. The maximum atomic E-state index is 8.85. The predicted octanol–water partition coefficient (Wildman–Crippen LogP) is 25.2. The van der Waals surface area contributed by atoms with E-state index in [1.807, 2.05) is 18.2 Å². The van der Waals surface area contributed by atoms with Crippen LogP contribution in [-0.2, 0) is 0 Å². The Bertz CT molecular complexity index is 6310. The first-order valence-electron chi connectivity index (χ1n) is 33.0. The van der Waals surface area contributed by atoms with Gasteiger partial charge in [-0.1, -0.05) is 307 Å². The molecule has 0 amide bonds. The summed E-state index contributed by atoms with van der Waals surface area (Å²) in [4.78, 5) is 0. The quantitative estimate of drug-likeness (QED) is 0.0979. The molecule has 0 saturated carbocycles. The summed E-state index contributed by atoms with van der Waals surface area (Å²) in [6.07, 6.45) is 4.78. The molecular formula is C95H61BBrO2. The lowest BCUT2D eigenvalue weighted by molar-refractivity contribution is 0.454. The van der Waals surface area contributed by atoms with Gasteiger partial charge in [0, 0.05) is 4.47 Å². The number of benzene rings is 18. The second-order valence-electron chi connectivity index (χ2n) is 24.2. The molecule has 18 aromatic rings. The maximum absolute atomic E-state index is 8.85. The van der Waals surface area contributed by atoms with Crippen molar-refractivity contribution in [2.75, 3.05) is 0 Å². The van der Waals surface area contributed by atoms with Crippen LogP contribution in [0.2, 0.25) is 0 Å². The molecule has 0 aliphatic heterocycles. The smallest absolute Gasteiger partial charge is 0.537 e. The zero-order chi connectivity index (χ0) is 67.0. The first-order valence-corrected chi connectivity index (χ1v) is 33.8. The number of halogens is 1. The fourth-order valence-electron chi connectivity index (χ4n) is 14.2. The summed E-state index contributed by atoms with van der Waals surface area (Å²) in [6.45, 7) is 1.71. The van der Waals surface area contributed by atoms with Crippen molar-refractivity contribution in [1.29, 1.82) is 0 Å². The Balaban J connectivity index is 0.000000123. The molecule has 4 heteroatoms. The summed E-state index contributed by atoms with van der Waals surface area (Å²) in [6, 6.07) is 122. The van der Waals surface area contributed by atoms with E-state index in [0.717, 1.165) is 15.6 Å². The van der Waals surface area contributed by atoms with Crippen LogP contribution >= 0.6 is 15.9 Å². The highest BCUT2D eigenvalue weighted by Crippen LogP contribution is 2.45. The first-order chi connectivity index (χ1) is 48.9. The highest BCUT2D eigenvalue weighted by atomic mass is 79.9. The minimum absolute atomic E-state index is 0.613. The molecule has 0 fully saturated rings. The summed E-state index contributed by atoms with van der Waals surface area (Å²) in [7, 11) is 0.706. The topological polar surface area (TPSA) is 29.5 Å². The van der Waals surface area contributed by atoms with E-state index >= 15 is 0 Å². The predicted molar refractivity (Wildman–Crippen MR) is 428 cm³/mol. The molecule has 463 valence electrons. The van der Waals surface area contributed by atoms with Gasteiger partial charge in [-0.15, -0.1) is 6.42 Å². The highest BCUT2D eigenvalue weighted by Gasteiger charge is 2.18. The van der Waals surface area contributed by atoms with Crippen molar-refractivity contribution >= 4 is 131 Å². The summed E-state index contributed by atoms with van der Waals surface area (Å²) in [5, 5.41) is 34.3. The van der Waals surface area contributed by atoms with E-state index in [2.05, 4.69) is 367 Å². The van der Waals surface area contributed by atoms with Crippen LogP contribution in [0, 0.1) is 36.0 Å². The van der Waals surface area contributed by atoms with E-state index in [1.165, 1.54) is 152 Å². The van der Waals surface area contributed by atoms with Crippen LogP contribution in [0.4, 0.5) is 0 Å². The van der Waals surface area contributed by atoms with Gasteiger partial charge in [-0.2, -0.15) is 0 Å². The fourth-order valence-corrected chi connectivity index (χ4v) is 14.8. The van der Waals surface area contributed by atoms with Crippen molar-refractivity contribution in [3.05, 3.63) is 344 Å². The third-order valence-corrected chi connectivity index (χ3v) is 19.2. The normalized spacial score (nSPS) is 10.8. The third-order valence-electron chi connectivity index (χ3n) is 18.6. The molecule has 18 aromatic carbocycles. The van der Waals surface area contributed by atoms with Crippen LogP contribution in [0.1, 0.15) is 6.92 Å². The van der Waals surface area contributed by atoms with Gasteiger partial charge in [0.15, 0.2) is 0 Å².